The molecular formula is C28H38IN5O5. The van der Waals surface area contributed by atoms with Crippen LogP contribution in [0.4, 0.5) is 0 Å². The van der Waals surface area contributed by atoms with Gasteiger partial charge in [-0.1, -0.05) is 37.3 Å². The van der Waals surface area contributed by atoms with Gasteiger partial charge in [0.1, 0.15) is 12.0 Å². The number of quaternary nitrogens is 1. The lowest BCUT2D eigenvalue weighted by Gasteiger charge is -2.48. The molecule has 10 nitrogen and oxygen atoms in total. The number of benzene rings is 1. The number of carbonyl (C=O) groups is 1. The third-order valence-electron chi connectivity index (χ3n) is 8.95. The highest BCUT2D eigenvalue weighted by molar-refractivity contribution is 5.78. The normalized spacial score (nSPS) is 25.7. The van der Waals surface area contributed by atoms with Crippen LogP contribution in [-0.4, -0.2) is 72.6 Å². The number of aliphatic hydroxyl groups is 1. The molecule has 5 rings (SSSR count). The number of ether oxygens (including phenoxy) is 1. The predicted molar refractivity (Wildman–Crippen MR) is 143 cm³/mol. The van der Waals surface area contributed by atoms with Gasteiger partial charge in [-0.15, -0.1) is 0 Å². The maximum atomic E-state index is 13.0. The van der Waals surface area contributed by atoms with E-state index in [1.54, 1.807) is 13.4 Å². The number of hydrogen-bond donors (Lipinski definition) is 1. The molecule has 39 heavy (non-hydrogen) atoms. The fraction of sp³-hybridized carbons (Fsp3) is 0.571. The highest BCUT2D eigenvalue weighted by atomic mass is 127. The van der Waals surface area contributed by atoms with Crippen LogP contribution in [0.2, 0.25) is 0 Å². The molecule has 4 heterocycles. The van der Waals surface area contributed by atoms with Crippen LogP contribution in [-0.2, 0) is 30.2 Å². The van der Waals surface area contributed by atoms with Crippen molar-refractivity contribution in [2.75, 3.05) is 20.2 Å². The molecule has 0 saturated carbocycles. The lowest BCUT2D eigenvalue weighted by molar-refractivity contribution is -0.952. The van der Waals surface area contributed by atoms with Gasteiger partial charge in [0, 0.05) is 52.2 Å². The van der Waals surface area contributed by atoms with Crippen molar-refractivity contribution >= 4 is 17.1 Å². The number of aromatic nitrogens is 4. The lowest BCUT2D eigenvalue weighted by Crippen LogP contribution is -3.00. The Hall–Kier alpha value is -2.51. The SMILES string of the molecule is CC(Cn1cnc2c1c(=O)n(C)c(=O)n2C)C[N+]1(C)C2CCC1CC(OC(=O)C(CO)c1ccccc1)C2.[I-]. The van der Waals surface area contributed by atoms with E-state index in [0.717, 1.165) is 46.8 Å². The summed E-state index contributed by atoms with van der Waals surface area (Å²) in [5.41, 5.74) is 0.926. The largest absolute Gasteiger partial charge is 1.00 e. The Morgan fingerprint density at radius 1 is 1.13 bits per heavy atom. The van der Waals surface area contributed by atoms with Crippen molar-refractivity contribution < 1.29 is 43.1 Å². The van der Waals surface area contributed by atoms with E-state index in [-0.39, 0.29) is 59.8 Å². The maximum Gasteiger partial charge on any atom is 0.332 e. The third-order valence-corrected chi connectivity index (χ3v) is 8.95. The Balaban J connectivity index is 0.00000353. The van der Waals surface area contributed by atoms with Gasteiger partial charge in [-0.2, -0.15) is 0 Å². The molecule has 3 aromatic rings. The molecule has 4 atom stereocenters. The zero-order chi connectivity index (χ0) is 27.2. The van der Waals surface area contributed by atoms with E-state index >= 15 is 0 Å². The second-order valence-electron chi connectivity index (χ2n) is 11.5. The van der Waals surface area contributed by atoms with Gasteiger partial charge in [0.25, 0.3) is 5.56 Å². The van der Waals surface area contributed by atoms with E-state index < -0.39 is 5.92 Å². The molecule has 1 N–H and O–H groups in total. The zero-order valence-electron chi connectivity index (χ0n) is 23.0. The van der Waals surface area contributed by atoms with E-state index in [9.17, 15) is 19.5 Å². The summed E-state index contributed by atoms with van der Waals surface area (Å²) in [6, 6.07) is 10.1. The number of aryl methyl sites for hydroxylation is 1. The molecule has 2 aliphatic heterocycles. The summed E-state index contributed by atoms with van der Waals surface area (Å²) < 4.78 is 11.3. The fourth-order valence-electron chi connectivity index (χ4n) is 6.94. The van der Waals surface area contributed by atoms with Gasteiger partial charge < -0.3 is 42.9 Å². The number of imidazole rings is 1. The highest BCUT2D eigenvalue weighted by Crippen LogP contribution is 2.43. The van der Waals surface area contributed by atoms with Crippen molar-refractivity contribution in [1.82, 2.24) is 18.7 Å². The summed E-state index contributed by atoms with van der Waals surface area (Å²) in [6.07, 6.45) is 5.35. The molecule has 1 aromatic carbocycles. The summed E-state index contributed by atoms with van der Waals surface area (Å²) in [4.78, 5) is 42.4. The molecule has 2 aliphatic rings. The number of halogens is 1. The van der Waals surface area contributed by atoms with Crippen LogP contribution < -0.4 is 35.2 Å². The van der Waals surface area contributed by atoms with Crippen LogP contribution >= 0.6 is 0 Å². The van der Waals surface area contributed by atoms with Crippen molar-refractivity contribution in [1.29, 1.82) is 0 Å². The van der Waals surface area contributed by atoms with E-state index in [2.05, 4.69) is 19.0 Å². The number of hydrogen-bond acceptors (Lipinski definition) is 6. The Labute approximate surface area is 244 Å². The minimum absolute atomic E-state index is 0. The standard InChI is InChI=1S/C28H38N5O5.HI/c1-18(14-32-17-29-25-24(32)26(35)31(3)28(37)30(25)2)15-33(4)20-10-11-21(33)13-22(12-20)38-27(36)23(16-34)19-8-6-5-7-9-19;/h5-9,17-18,20-23,34H,10-16H2,1-4H3;1H/q+1;/p-1. The van der Waals surface area contributed by atoms with Crippen LogP contribution in [0.1, 0.15) is 44.1 Å². The fourth-order valence-corrected chi connectivity index (χ4v) is 6.94. The van der Waals surface area contributed by atoms with Crippen molar-refractivity contribution in [3.05, 3.63) is 63.1 Å². The van der Waals surface area contributed by atoms with Gasteiger partial charge in [0.15, 0.2) is 11.2 Å². The van der Waals surface area contributed by atoms with Crippen LogP contribution in [0.5, 0.6) is 0 Å². The molecule has 2 aromatic heterocycles. The predicted octanol–water partition coefficient (Wildman–Crippen LogP) is -1.47. The first-order valence-corrected chi connectivity index (χ1v) is 13.5. The maximum absolute atomic E-state index is 13.0. The second-order valence-corrected chi connectivity index (χ2v) is 11.5. The third kappa shape index (κ3) is 5.32. The number of fused-ring (bicyclic) bond motifs is 3. The second kappa shape index (κ2) is 11.5. The zero-order valence-corrected chi connectivity index (χ0v) is 25.2. The minimum atomic E-state index is -0.658. The van der Waals surface area contributed by atoms with E-state index in [1.807, 2.05) is 34.9 Å². The minimum Gasteiger partial charge on any atom is -1.00 e. The quantitative estimate of drug-likeness (QED) is 0.181. The number of esters is 1. The first-order valence-electron chi connectivity index (χ1n) is 13.5. The summed E-state index contributed by atoms with van der Waals surface area (Å²) in [7, 11) is 5.44. The Morgan fingerprint density at radius 2 is 1.77 bits per heavy atom. The summed E-state index contributed by atoms with van der Waals surface area (Å²) >= 11 is 0. The van der Waals surface area contributed by atoms with Crippen molar-refractivity contribution in [3.63, 3.8) is 0 Å². The van der Waals surface area contributed by atoms with Gasteiger partial charge >= 0.3 is 11.7 Å². The van der Waals surface area contributed by atoms with E-state index in [4.69, 9.17) is 4.74 Å². The van der Waals surface area contributed by atoms with Crippen LogP contribution in [0, 0.1) is 5.92 Å². The van der Waals surface area contributed by atoms with Crippen LogP contribution in [0.25, 0.3) is 11.2 Å². The topological polar surface area (TPSA) is 108 Å². The van der Waals surface area contributed by atoms with Crippen molar-refractivity contribution in [2.24, 2.45) is 20.0 Å². The monoisotopic (exact) mass is 651 g/mol. The molecule has 4 unspecified atom stereocenters. The summed E-state index contributed by atoms with van der Waals surface area (Å²) in [5, 5.41) is 9.86. The molecule has 0 radical (unpaired) electrons. The Kier molecular flexibility index (Phi) is 8.72. The number of piperidine rings is 1. The number of carbonyl (C=O) groups excluding carboxylic acids is 1. The average molecular weight is 652 g/mol. The average Bonchev–Trinajstić information content (AvgIpc) is 3.34. The molecule has 2 bridgehead atoms. The van der Waals surface area contributed by atoms with Gasteiger partial charge in [-0.05, 0) is 5.56 Å². The van der Waals surface area contributed by atoms with E-state index in [1.165, 1.54) is 11.6 Å². The van der Waals surface area contributed by atoms with Crippen molar-refractivity contribution in [2.45, 2.75) is 63.3 Å². The van der Waals surface area contributed by atoms with Gasteiger partial charge in [0.05, 0.1) is 38.6 Å². The van der Waals surface area contributed by atoms with Gasteiger partial charge in [-0.25, -0.2) is 9.78 Å². The van der Waals surface area contributed by atoms with Crippen LogP contribution in [0.3, 0.4) is 0 Å². The number of aliphatic hydroxyl groups excluding tert-OH is 1. The number of nitrogens with zero attached hydrogens (tertiary/aromatic N) is 5. The molecule has 0 spiro atoms. The molecule has 212 valence electrons. The first kappa shape index (κ1) is 29.5. The van der Waals surface area contributed by atoms with Gasteiger partial charge in [-0.3, -0.25) is 18.7 Å². The smallest absolute Gasteiger partial charge is 0.332 e. The first-order chi connectivity index (χ1) is 18.1. The Bertz CT molecular complexity index is 1430. The molecule has 0 amide bonds. The van der Waals surface area contributed by atoms with Gasteiger partial charge in [0.2, 0.25) is 0 Å². The molecule has 11 heteroatoms. The molecule has 2 fully saturated rings. The van der Waals surface area contributed by atoms with E-state index in [0.29, 0.717) is 29.8 Å². The molecular weight excluding hydrogens is 613 g/mol. The summed E-state index contributed by atoms with van der Waals surface area (Å²) in [5.74, 6) is -0.747. The molecule has 2 saturated heterocycles. The lowest BCUT2D eigenvalue weighted by atomic mass is 9.94. The van der Waals surface area contributed by atoms with Crippen molar-refractivity contribution in [3.8, 4) is 0 Å². The van der Waals surface area contributed by atoms with Crippen LogP contribution in [0.15, 0.2) is 46.2 Å². The number of rotatable bonds is 8. The highest BCUT2D eigenvalue weighted by Gasteiger charge is 2.53. The molecule has 0 aliphatic carbocycles. The summed E-state index contributed by atoms with van der Waals surface area (Å²) in [6.45, 7) is 3.49. The Morgan fingerprint density at radius 3 is 2.38 bits per heavy atom.